The lowest BCUT2D eigenvalue weighted by Crippen LogP contribution is -2.28. The molecule has 0 amide bonds. The summed E-state index contributed by atoms with van der Waals surface area (Å²) in [4.78, 5) is 11.4. The van der Waals surface area contributed by atoms with E-state index in [1.54, 1.807) is 6.92 Å². The summed E-state index contributed by atoms with van der Waals surface area (Å²) in [6.07, 6.45) is 6.18. The van der Waals surface area contributed by atoms with Crippen molar-refractivity contribution in [2.45, 2.75) is 71.4 Å². The molecule has 0 N–H and O–H groups in total. The van der Waals surface area contributed by atoms with Crippen LogP contribution in [0.25, 0.3) is 0 Å². The molecule has 0 aliphatic rings. The highest BCUT2D eigenvalue weighted by Gasteiger charge is 2.29. The first-order valence-corrected chi connectivity index (χ1v) is 5.76. The van der Waals surface area contributed by atoms with Gasteiger partial charge in [-0.3, -0.25) is 4.79 Å². The lowest BCUT2D eigenvalue weighted by molar-refractivity contribution is -0.129. The monoisotopic (exact) mass is 202 g/mol. The van der Waals surface area contributed by atoms with Crippen molar-refractivity contribution in [3.8, 4) is 0 Å². The topological polar surface area (TPSA) is 17.1 Å². The van der Waals surface area contributed by atoms with Crippen molar-refractivity contribution in [1.29, 1.82) is 0 Å². The van der Waals surface area contributed by atoms with Crippen LogP contribution in [-0.4, -0.2) is 11.5 Å². The fourth-order valence-electron chi connectivity index (χ4n) is 1.35. The van der Waals surface area contributed by atoms with Crippen LogP contribution in [0.15, 0.2) is 0 Å². The number of hydrogen-bond donors (Lipinski definition) is 0. The summed E-state index contributed by atoms with van der Waals surface area (Å²) in [5.74, 6) is -0.225. The van der Waals surface area contributed by atoms with Crippen LogP contribution in [0.4, 0.5) is 4.39 Å². The van der Waals surface area contributed by atoms with Crippen LogP contribution in [0, 0.1) is 0 Å². The predicted octanol–water partition coefficient (Wildman–Crippen LogP) is 4.05. The summed E-state index contributed by atoms with van der Waals surface area (Å²) in [6.45, 7) is 5.26. The molecule has 2 heteroatoms. The molecule has 0 saturated carbocycles. The summed E-state index contributed by atoms with van der Waals surface area (Å²) in [6, 6.07) is 0. The highest BCUT2D eigenvalue weighted by atomic mass is 19.1. The molecule has 0 aromatic carbocycles. The minimum Gasteiger partial charge on any atom is -0.296 e. The van der Waals surface area contributed by atoms with Gasteiger partial charge in [-0.15, -0.1) is 0 Å². The molecule has 0 rings (SSSR count). The molecule has 0 aliphatic heterocycles. The van der Waals surface area contributed by atoms with E-state index in [1.165, 1.54) is 26.2 Å². The molecule has 84 valence electrons. The van der Waals surface area contributed by atoms with E-state index in [0.29, 0.717) is 12.8 Å². The number of unbranched alkanes of at least 4 members (excludes halogenated alkanes) is 4. The zero-order valence-corrected chi connectivity index (χ0v) is 9.74. The largest absolute Gasteiger partial charge is 0.296 e. The van der Waals surface area contributed by atoms with Gasteiger partial charge in [0.1, 0.15) is 0 Å². The molecule has 0 saturated heterocycles. The quantitative estimate of drug-likeness (QED) is 0.542. The molecule has 0 radical (unpaired) electrons. The van der Waals surface area contributed by atoms with Crippen molar-refractivity contribution in [2.24, 2.45) is 0 Å². The van der Waals surface area contributed by atoms with Crippen molar-refractivity contribution in [1.82, 2.24) is 0 Å². The number of rotatable bonds is 8. The average molecular weight is 202 g/mol. The molecule has 1 unspecified atom stereocenters. The SMILES string of the molecule is CCCCCCCC(=O)C(C)(F)CC. The zero-order valence-electron chi connectivity index (χ0n) is 9.74. The zero-order chi connectivity index (χ0) is 11.0. The second kappa shape index (κ2) is 6.97. The van der Waals surface area contributed by atoms with Crippen molar-refractivity contribution < 1.29 is 9.18 Å². The van der Waals surface area contributed by atoms with Gasteiger partial charge < -0.3 is 0 Å². The first-order chi connectivity index (χ1) is 6.54. The third-order valence-electron chi connectivity index (χ3n) is 2.75. The third kappa shape index (κ3) is 5.36. The summed E-state index contributed by atoms with van der Waals surface area (Å²) >= 11 is 0. The summed E-state index contributed by atoms with van der Waals surface area (Å²) < 4.78 is 13.4. The van der Waals surface area contributed by atoms with E-state index >= 15 is 0 Å². The second-order valence-electron chi connectivity index (χ2n) is 4.14. The summed E-state index contributed by atoms with van der Waals surface area (Å²) in [5.41, 5.74) is -1.59. The lowest BCUT2D eigenvalue weighted by Gasteiger charge is -2.16. The van der Waals surface area contributed by atoms with Crippen LogP contribution in [0.3, 0.4) is 0 Å². The van der Waals surface area contributed by atoms with Crippen LogP contribution in [0.2, 0.25) is 0 Å². The highest BCUT2D eigenvalue weighted by Crippen LogP contribution is 2.19. The number of halogens is 1. The molecular weight excluding hydrogens is 179 g/mol. The molecule has 0 aromatic rings. The third-order valence-corrected chi connectivity index (χ3v) is 2.75. The van der Waals surface area contributed by atoms with Gasteiger partial charge in [-0.05, 0) is 19.8 Å². The van der Waals surface area contributed by atoms with Gasteiger partial charge in [-0.2, -0.15) is 0 Å². The van der Waals surface area contributed by atoms with Gasteiger partial charge in [0.25, 0.3) is 0 Å². The molecule has 0 aromatic heterocycles. The van der Waals surface area contributed by atoms with Crippen molar-refractivity contribution in [2.75, 3.05) is 0 Å². The molecule has 0 aliphatic carbocycles. The molecule has 0 bridgehead atoms. The van der Waals surface area contributed by atoms with E-state index in [2.05, 4.69) is 6.92 Å². The normalized spacial score (nSPS) is 15.1. The number of hydrogen-bond acceptors (Lipinski definition) is 1. The number of carbonyl (C=O) groups excluding carboxylic acids is 1. The lowest BCUT2D eigenvalue weighted by atomic mass is 9.95. The predicted molar refractivity (Wildman–Crippen MR) is 58.2 cm³/mol. The maximum atomic E-state index is 13.4. The van der Waals surface area contributed by atoms with Crippen LogP contribution >= 0.6 is 0 Å². The Morgan fingerprint density at radius 3 is 2.21 bits per heavy atom. The number of ketones is 1. The minimum atomic E-state index is -1.59. The molecule has 0 fully saturated rings. The fraction of sp³-hybridized carbons (Fsp3) is 0.917. The van der Waals surface area contributed by atoms with Gasteiger partial charge in [0.05, 0.1) is 0 Å². The average Bonchev–Trinajstić information content (AvgIpc) is 2.17. The van der Waals surface area contributed by atoms with E-state index < -0.39 is 5.67 Å². The summed E-state index contributed by atoms with van der Waals surface area (Å²) in [7, 11) is 0. The van der Waals surface area contributed by atoms with E-state index in [0.717, 1.165) is 12.8 Å². The Balaban J connectivity index is 3.54. The highest BCUT2D eigenvalue weighted by molar-refractivity contribution is 5.86. The van der Waals surface area contributed by atoms with E-state index in [4.69, 9.17) is 0 Å². The Morgan fingerprint density at radius 1 is 1.14 bits per heavy atom. The van der Waals surface area contributed by atoms with Crippen LogP contribution in [0.1, 0.15) is 65.7 Å². The number of carbonyl (C=O) groups is 1. The van der Waals surface area contributed by atoms with E-state index in [9.17, 15) is 9.18 Å². The molecule has 0 spiro atoms. The van der Waals surface area contributed by atoms with Gasteiger partial charge in [0.2, 0.25) is 0 Å². The first-order valence-electron chi connectivity index (χ1n) is 5.76. The van der Waals surface area contributed by atoms with Crippen LogP contribution in [-0.2, 0) is 4.79 Å². The summed E-state index contributed by atoms with van der Waals surface area (Å²) in [5, 5.41) is 0. The Bertz CT molecular complexity index is 164. The first kappa shape index (κ1) is 13.6. The minimum absolute atomic E-state index is 0.225. The van der Waals surface area contributed by atoms with Crippen molar-refractivity contribution >= 4 is 5.78 Å². The van der Waals surface area contributed by atoms with Gasteiger partial charge in [0.15, 0.2) is 11.5 Å². The Hall–Kier alpha value is -0.400. The Kier molecular flexibility index (Phi) is 6.77. The van der Waals surface area contributed by atoms with Gasteiger partial charge in [0, 0.05) is 6.42 Å². The van der Waals surface area contributed by atoms with Crippen LogP contribution < -0.4 is 0 Å². The maximum Gasteiger partial charge on any atom is 0.169 e. The fourth-order valence-corrected chi connectivity index (χ4v) is 1.35. The van der Waals surface area contributed by atoms with Gasteiger partial charge in [-0.25, -0.2) is 4.39 Å². The molecule has 14 heavy (non-hydrogen) atoms. The van der Waals surface area contributed by atoms with Gasteiger partial charge in [-0.1, -0.05) is 39.5 Å². The van der Waals surface area contributed by atoms with E-state index in [-0.39, 0.29) is 5.78 Å². The molecule has 1 atom stereocenters. The van der Waals surface area contributed by atoms with Crippen molar-refractivity contribution in [3.05, 3.63) is 0 Å². The molecule has 0 heterocycles. The number of Topliss-reactive ketones (excluding diaryl/α,β-unsaturated/α-hetero) is 1. The molecular formula is C12H23FO. The van der Waals surface area contributed by atoms with Gasteiger partial charge >= 0.3 is 0 Å². The van der Waals surface area contributed by atoms with E-state index in [1.807, 2.05) is 0 Å². The Labute approximate surface area is 87.1 Å². The molecule has 1 nitrogen and oxygen atoms in total. The smallest absolute Gasteiger partial charge is 0.169 e. The second-order valence-corrected chi connectivity index (χ2v) is 4.14. The van der Waals surface area contributed by atoms with Crippen LogP contribution in [0.5, 0.6) is 0 Å². The standard InChI is InChI=1S/C12H23FO/c1-4-6-7-8-9-10-11(14)12(3,13)5-2/h4-10H2,1-3H3. The maximum absolute atomic E-state index is 13.4. The number of alkyl halides is 1. The Morgan fingerprint density at radius 2 is 1.71 bits per heavy atom. The van der Waals surface area contributed by atoms with Crippen molar-refractivity contribution in [3.63, 3.8) is 0 Å².